The van der Waals surface area contributed by atoms with E-state index in [0.717, 1.165) is 30.0 Å². The Labute approximate surface area is 147 Å². The van der Waals surface area contributed by atoms with Gasteiger partial charge >= 0.3 is 0 Å². The van der Waals surface area contributed by atoms with Gasteiger partial charge < -0.3 is 15.0 Å². The molecule has 0 atom stereocenters. The number of hydrogen-bond acceptors (Lipinski definition) is 3. The second kappa shape index (κ2) is 7.83. The molecule has 130 valence electrons. The van der Waals surface area contributed by atoms with Crippen molar-refractivity contribution in [3.8, 4) is 5.75 Å². The van der Waals surface area contributed by atoms with Crippen molar-refractivity contribution in [2.45, 2.75) is 19.3 Å². The molecule has 0 spiro atoms. The third-order valence-corrected chi connectivity index (χ3v) is 4.39. The largest absolute Gasteiger partial charge is 0.496 e. The van der Waals surface area contributed by atoms with Crippen molar-refractivity contribution in [2.75, 3.05) is 25.1 Å². The molecular weight excluding hydrogens is 316 g/mol. The predicted molar refractivity (Wildman–Crippen MR) is 97.1 cm³/mol. The number of methoxy groups -OCH3 is 1. The second-order valence-corrected chi connectivity index (χ2v) is 6.01. The molecule has 1 saturated heterocycles. The monoisotopic (exact) mass is 338 g/mol. The van der Waals surface area contributed by atoms with Crippen LogP contribution in [0.3, 0.4) is 0 Å². The quantitative estimate of drug-likeness (QED) is 0.881. The van der Waals surface area contributed by atoms with E-state index in [2.05, 4.69) is 5.32 Å². The maximum Gasteiger partial charge on any atom is 0.251 e. The van der Waals surface area contributed by atoms with Crippen molar-refractivity contribution in [2.24, 2.45) is 0 Å². The van der Waals surface area contributed by atoms with Crippen molar-refractivity contribution >= 4 is 17.5 Å². The molecule has 1 heterocycles. The third kappa shape index (κ3) is 3.99. The highest BCUT2D eigenvalue weighted by Gasteiger charge is 2.21. The van der Waals surface area contributed by atoms with Crippen LogP contribution in [0.2, 0.25) is 0 Å². The van der Waals surface area contributed by atoms with E-state index in [1.165, 1.54) is 0 Å². The number of hydrogen-bond donors (Lipinski definition) is 1. The van der Waals surface area contributed by atoms with Gasteiger partial charge in [-0.3, -0.25) is 9.59 Å². The highest BCUT2D eigenvalue weighted by molar-refractivity contribution is 5.97. The number of carbonyl (C=O) groups is 2. The van der Waals surface area contributed by atoms with E-state index in [4.69, 9.17) is 4.74 Å². The molecule has 1 N–H and O–H groups in total. The lowest BCUT2D eigenvalue weighted by Crippen LogP contribution is -2.26. The molecule has 5 heteroatoms. The van der Waals surface area contributed by atoms with Gasteiger partial charge in [-0.15, -0.1) is 0 Å². The van der Waals surface area contributed by atoms with E-state index in [1.807, 2.05) is 36.4 Å². The molecule has 0 aliphatic carbocycles. The number of para-hydroxylation sites is 1. The van der Waals surface area contributed by atoms with Crippen LogP contribution in [0.1, 0.15) is 28.8 Å². The molecule has 0 aromatic heterocycles. The van der Waals surface area contributed by atoms with E-state index >= 15 is 0 Å². The van der Waals surface area contributed by atoms with Crippen molar-refractivity contribution in [1.82, 2.24) is 5.32 Å². The molecule has 0 bridgehead atoms. The molecule has 25 heavy (non-hydrogen) atoms. The summed E-state index contributed by atoms with van der Waals surface area (Å²) in [5.74, 6) is 0.861. The van der Waals surface area contributed by atoms with Crippen LogP contribution in [0.4, 0.5) is 5.69 Å². The van der Waals surface area contributed by atoms with E-state index in [0.29, 0.717) is 24.9 Å². The van der Waals surface area contributed by atoms with Crippen LogP contribution < -0.4 is 15.0 Å². The van der Waals surface area contributed by atoms with Gasteiger partial charge in [-0.25, -0.2) is 0 Å². The van der Waals surface area contributed by atoms with Gasteiger partial charge in [-0.2, -0.15) is 0 Å². The summed E-state index contributed by atoms with van der Waals surface area (Å²) in [6, 6.07) is 15.0. The molecule has 0 unspecified atom stereocenters. The summed E-state index contributed by atoms with van der Waals surface area (Å²) in [7, 11) is 1.64. The first-order valence-electron chi connectivity index (χ1n) is 8.49. The average molecular weight is 338 g/mol. The number of nitrogens with zero attached hydrogens (tertiary/aromatic N) is 1. The van der Waals surface area contributed by atoms with Gasteiger partial charge in [0.2, 0.25) is 5.91 Å². The van der Waals surface area contributed by atoms with Crippen molar-refractivity contribution < 1.29 is 14.3 Å². The Balaban J connectivity index is 1.55. The maximum atomic E-state index is 12.3. The van der Waals surface area contributed by atoms with E-state index < -0.39 is 0 Å². The number of ether oxygens (including phenoxy) is 1. The Morgan fingerprint density at radius 2 is 1.92 bits per heavy atom. The summed E-state index contributed by atoms with van der Waals surface area (Å²) in [4.78, 5) is 25.8. The molecular formula is C20H22N2O3. The fraction of sp³-hybridized carbons (Fsp3) is 0.300. The van der Waals surface area contributed by atoms with Gasteiger partial charge in [0.25, 0.3) is 5.91 Å². The van der Waals surface area contributed by atoms with Crippen LogP contribution in [0.25, 0.3) is 0 Å². The van der Waals surface area contributed by atoms with Crippen molar-refractivity contribution in [1.29, 1.82) is 0 Å². The second-order valence-electron chi connectivity index (χ2n) is 6.01. The first-order valence-corrected chi connectivity index (χ1v) is 8.49. The Morgan fingerprint density at radius 3 is 2.60 bits per heavy atom. The Bertz CT molecular complexity index is 756. The zero-order valence-electron chi connectivity index (χ0n) is 14.3. The summed E-state index contributed by atoms with van der Waals surface area (Å²) in [5.41, 5.74) is 2.51. The maximum absolute atomic E-state index is 12.3. The first kappa shape index (κ1) is 17.0. The molecule has 2 aromatic carbocycles. The minimum atomic E-state index is -0.116. The zero-order valence-corrected chi connectivity index (χ0v) is 14.3. The van der Waals surface area contributed by atoms with Crippen molar-refractivity contribution in [3.05, 3.63) is 59.7 Å². The Hall–Kier alpha value is -2.82. The smallest absolute Gasteiger partial charge is 0.251 e. The van der Waals surface area contributed by atoms with E-state index in [9.17, 15) is 9.59 Å². The van der Waals surface area contributed by atoms with E-state index in [1.54, 1.807) is 24.1 Å². The molecule has 2 amide bonds. The summed E-state index contributed by atoms with van der Waals surface area (Å²) in [6.07, 6.45) is 2.20. The standard InChI is InChI=1S/C20H22N2O3/c1-25-18-6-3-2-5-15(18)12-13-21-20(24)16-8-10-17(11-9-16)22-14-4-7-19(22)23/h2-3,5-6,8-11H,4,7,12-14H2,1H3,(H,21,24). The lowest BCUT2D eigenvalue weighted by molar-refractivity contribution is -0.117. The minimum absolute atomic E-state index is 0.116. The van der Waals surface area contributed by atoms with Crippen LogP contribution >= 0.6 is 0 Å². The minimum Gasteiger partial charge on any atom is -0.496 e. The fourth-order valence-corrected chi connectivity index (χ4v) is 3.04. The van der Waals surface area contributed by atoms with Gasteiger partial charge in [-0.1, -0.05) is 18.2 Å². The SMILES string of the molecule is COc1ccccc1CCNC(=O)c1ccc(N2CCCC2=O)cc1. The lowest BCUT2D eigenvalue weighted by Gasteiger charge is -2.15. The number of amides is 2. The summed E-state index contributed by atoms with van der Waals surface area (Å²) >= 11 is 0. The van der Waals surface area contributed by atoms with E-state index in [-0.39, 0.29) is 11.8 Å². The van der Waals surface area contributed by atoms with Crippen LogP contribution in [-0.2, 0) is 11.2 Å². The predicted octanol–water partition coefficient (Wildman–Crippen LogP) is 2.79. The third-order valence-electron chi connectivity index (χ3n) is 4.39. The van der Waals surface area contributed by atoms with Gasteiger partial charge in [0.1, 0.15) is 5.75 Å². The number of nitrogens with one attached hydrogen (secondary N) is 1. The van der Waals surface area contributed by atoms with Crippen LogP contribution in [0.5, 0.6) is 5.75 Å². The fourth-order valence-electron chi connectivity index (χ4n) is 3.04. The lowest BCUT2D eigenvalue weighted by atomic mass is 10.1. The van der Waals surface area contributed by atoms with Crippen LogP contribution in [0, 0.1) is 0 Å². The average Bonchev–Trinajstić information content (AvgIpc) is 3.08. The number of benzene rings is 2. The molecule has 0 radical (unpaired) electrons. The first-order chi connectivity index (χ1) is 12.2. The van der Waals surface area contributed by atoms with Gasteiger partial charge in [0.05, 0.1) is 7.11 Å². The van der Waals surface area contributed by atoms with Crippen molar-refractivity contribution in [3.63, 3.8) is 0 Å². The molecule has 1 aliphatic heterocycles. The Morgan fingerprint density at radius 1 is 1.16 bits per heavy atom. The molecule has 3 rings (SSSR count). The number of carbonyl (C=O) groups excluding carboxylic acids is 2. The molecule has 1 aliphatic rings. The zero-order chi connectivity index (χ0) is 17.6. The highest BCUT2D eigenvalue weighted by atomic mass is 16.5. The molecule has 5 nitrogen and oxygen atoms in total. The van der Waals surface area contributed by atoms with Crippen LogP contribution in [-0.4, -0.2) is 32.0 Å². The highest BCUT2D eigenvalue weighted by Crippen LogP contribution is 2.21. The van der Waals surface area contributed by atoms with Gasteiger partial charge in [0, 0.05) is 30.8 Å². The Kier molecular flexibility index (Phi) is 5.33. The molecule has 2 aromatic rings. The number of rotatable bonds is 6. The summed E-state index contributed by atoms with van der Waals surface area (Å²) < 4.78 is 5.31. The summed E-state index contributed by atoms with van der Waals surface area (Å²) in [5, 5.41) is 2.92. The van der Waals surface area contributed by atoms with Crippen LogP contribution in [0.15, 0.2) is 48.5 Å². The number of anilines is 1. The van der Waals surface area contributed by atoms with Gasteiger partial charge in [0.15, 0.2) is 0 Å². The topological polar surface area (TPSA) is 58.6 Å². The van der Waals surface area contributed by atoms with Gasteiger partial charge in [-0.05, 0) is 48.7 Å². The molecule has 0 saturated carbocycles. The summed E-state index contributed by atoms with van der Waals surface area (Å²) in [6.45, 7) is 1.29. The molecule has 1 fully saturated rings. The normalized spacial score (nSPS) is 13.8.